The van der Waals surface area contributed by atoms with Gasteiger partial charge < -0.3 is 10.6 Å². The van der Waals surface area contributed by atoms with E-state index >= 15 is 0 Å². The largest absolute Gasteiger partial charge is 0.354 e. The Morgan fingerprint density at radius 2 is 1.90 bits per heavy atom. The molecule has 0 spiro atoms. The van der Waals surface area contributed by atoms with E-state index < -0.39 is 5.41 Å². The molecule has 2 amide bonds. The minimum atomic E-state index is -0.408. The van der Waals surface area contributed by atoms with E-state index in [0.29, 0.717) is 6.54 Å². The Morgan fingerprint density at radius 1 is 1.24 bits per heavy atom. The molecular formula is C17H22N2O2. The van der Waals surface area contributed by atoms with Crippen LogP contribution >= 0.6 is 0 Å². The van der Waals surface area contributed by atoms with Crippen molar-refractivity contribution in [1.29, 1.82) is 0 Å². The van der Waals surface area contributed by atoms with Crippen molar-refractivity contribution in [1.82, 2.24) is 10.6 Å². The maximum absolute atomic E-state index is 12.7. The average molecular weight is 286 g/mol. The fourth-order valence-corrected chi connectivity index (χ4v) is 3.23. The highest BCUT2D eigenvalue weighted by Gasteiger charge is 2.52. The van der Waals surface area contributed by atoms with Crippen LogP contribution in [-0.4, -0.2) is 24.4 Å². The first-order chi connectivity index (χ1) is 10.0. The number of hydrogen-bond acceptors (Lipinski definition) is 2. The molecule has 2 aliphatic rings. The number of benzene rings is 1. The van der Waals surface area contributed by atoms with Crippen molar-refractivity contribution in [2.75, 3.05) is 6.54 Å². The highest BCUT2D eigenvalue weighted by molar-refractivity contribution is 5.95. The minimum Gasteiger partial charge on any atom is -0.354 e. The molecule has 1 atom stereocenters. The fraction of sp³-hybridized carbons (Fsp3) is 0.529. The summed E-state index contributed by atoms with van der Waals surface area (Å²) in [5, 5.41) is 5.77. The van der Waals surface area contributed by atoms with Crippen molar-refractivity contribution in [3.05, 3.63) is 34.9 Å². The third kappa shape index (κ3) is 2.67. The van der Waals surface area contributed by atoms with Crippen LogP contribution in [0.25, 0.3) is 0 Å². The van der Waals surface area contributed by atoms with E-state index in [4.69, 9.17) is 0 Å². The van der Waals surface area contributed by atoms with E-state index in [0.717, 1.165) is 31.2 Å². The van der Waals surface area contributed by atoms with Crippen LogP contribution in [0, 0.1) is 13.8 Å². The zero-order chi connectivity index (χ0) is 15.0. The van der Waals surface area contributed by atoms with Gasteiger partial charge in [0, 0.05) is 6.54 Å². The van der Waals surface area contributed by atoms with Gasteiger partial charge in [0.05, 0.1) is 5.41 Å². The zero-order valence-corrected chi connectivity index (χ0v) is 12.7. The molecule has 1 saturated heterocycles. The summed E-state index contributed by atoms with van der Waals surface area (Å²) in [5.74, 6) is -0.0413. The summed E-state index contributed by atoms with van der Waals surface area (Å²) in [6.45, 7) is 4.82. The smallest absolute Gasteiger partial charge is 0.242 e. The van der Waals surface area contributed by atoms with Crippen LogP contribution < -0.4 is 10.6 Å². The number of piperidine rings is 1. The van der Waals surface area contributed by atoms with Gasteiger partial charge in [-0.1, -0.05) is 29.3 Å². The van der Waals surface area contributed by atoms with Crippen molar-refractivity contribution < 1.29 is 9.59 Å². The summed E-state index contributed by atoms with van der Waals surface area (Å²) in [4.78, 5) is 24.5. The Labute approximate surface area is 125 Å². The van der Waals surface area contributed by atoms with Crippen LogP contribution in [0.2, 0.25) is 0 Å². The number of aryl methyl sites for hydroxylation is 2. The molecule has 1 aromatic rings. The number of amides is 2. The fourth-order valence-electron chi connectivity index (χ4n) is 3.23. The van der Waals surface area contributed by atoms with Crippen molar-refractivity contribution in [3.8, 4) is 0 Å². The Bertz CT molecular complexity index is 570. The van der Waals surface area contributed by atoms with Gasteiger partial charge in [0.25, 0.3) is 0 Å². The number of hydrogen-bond donors (Lipinski definition) is 2. The maximum Gasteiger partial charge on any atom is 0.242 e. The molecule has 4 nitrogen and oxygen atoms in total. The molecule has 0 radical (unpaired) electrons. The van der Waals surface area contributed by atoms with Crippen molar-refractivity contribution >= 4 is 11.8 Å². The topological polar surface area (TPSA) is 58.2 Å². The van der Waals surface area contributed by atoms with Gasteiger partial charge in [-0.15, -0.1) is 0 Å². The third-order valence-electron chi connectivity index (χ3n) is 4.55. The normalized spacial score (nSPS) is 23.3. The maximum atomic E-state index is 12.7. The molecule has 2 N–H and O–H groups in total. The van der Waals surface area contributed by atoms with Crippen LogP contribution in [0.3, 0.4) is 0 Å². The van der Waals surface area contributed by atoms with Crippen LogP contribution in [0.15, 0.2) is 18.2 Å². The van der Waals surface area contributed by atoms with Gasteiger partial charge in [-0.2, -0.15) is 0 Å². The van der Waals surface area contributed by atoms with Gasteiger partial charge in [0.2, 0.25) is 11.8 Å². The van der Waals surface area contributed by atoms with Crippen molar-refractivity contribution in [2.45, 2.75) is 51.0 Å². The van der Waals surface area contributed by atoms with Crippen LogP contribution in [0.5, 0.6) is 0 Å². The Kier molecular flexibility index (Phi) is 3.47. The summed E-state index contributed by atoms with van der Waals surface area (Å²) < 4.78 is 0. The molecule has 1 aromatic carbocycles. The van der Waals surface area contributed by atoms with Gasteiger partial charge in [0.15, 0.2) is 0 Å². The molecule has 2 fully saturated rings. The molecule has 1 aliphatic heterocycles. The molecule has 0 aromatic heterocycles. The lowest BCUT2D eigenvalue weighted by atomic mass is 9.91. The Balaban J connectivity index is 1.78. The second-order valence-corrected chi connectivity index (χ2v) is 6.42. The molecule has 1 heterocycles. The molecule has 4 heteroatoms. The van der Waals surface area contributed by atoms with E-state index in [1.54, 1.807) is 0 Å². The van der Waals surface area contributed by atoms with Crippen LogP contribution in [0.4, 0.5) is 0 Å². The first-order valence-electron chi connectivity index (χ1n) is 7.69. The highest BCUT2D eigenvalue weighted by Crippen LogP contribution is 2.49. The molecule has 1 unspecified atom stereocenters. The van der Waals surface area contributed by atoms with Crippen LogP contribution in [-0.2, 0) is 15.0 Å². The van der Waals surface area contributed by atoms with E-state index in [1.165, 1.54) is 11.1 Å². The van der Waals surface area contributed by atoms with E-state index in [1.807, 2.05) is 0 Å². The lowest BCUT2D eigenvalue weighted by Crippen LogP contribution is -2.52. The molecule has 21 heavy (non-hydrogen) atoms. The standard InChI is InChI=1S/C17H22N2O2/c1-11-8-12(2)10-13(9-11)17(5-6-17)16(21)19-14-4-3-7-18-15(14)20/h8-10,14H,3-7H2,1-2H3,(H,18,20)(H,19,21). The summed E-state index contributed by atoms with van der Waals surface area (Å²) >= 11 is 0. The second-order valence-electron chi connectivity index (χ2n) is 6.42. The first kappa shape index (κ1) is 14.1. The van der Waals surface area contributed by atoms with Crippen molar-refractivity contribution in [2.24, 2.45) is 0 Å². The molecule has 112 valence electrons. The van der Waals surface area contributed by atoms with E-state index in [-0.39, 0.29) is 17.9 Å². The molecule has 1 aliphatic carbocycles. The Morgan fingerprint density at radius 3 is 2.48 bits per heavy atom. The van der Waals surface area contributed by atoms with Gasteiger partial charge in [-0.05, 0) is 45.1 Å². The molecule has 3 rings (SSSR count). The highest BCUT2D eigenvalue weighted by atomic mass is 16.2. The third-order valence-corrected chi connectivity index (χ3v) is 4.55. The number of nitrogens with one attached hydrogen (secondary N) is 2. The number of carbonyl (C=O) groups excluding carboxylic acids is 2. The summed E-state index contributed by atoms with van der Waals surface area (Å²) in [6.07, 6.45) is 3.40. The summed E-state index contributed by atoms with van der Waals surface area (Å²) in [6, 6.07) is 5.95. The quantitative estimate of drug-likeness (QED) is 0.889. The molecule has 1 saturated carbocycles. The predicted molar refractivity (Wildman–Crippen MR) is 81.0 cm³/mol. The van der Waals surface area contributed by atoms with E-state index in [2.05, 4.69) is 42.7 Å². The van der Waals surface area contributed by atoms with Gasteiger partial charge in [0.1, 0.15) is 6.04 Å². The van der Waals surface area contributed by atoms with Crippen molar-refractivity contribution in [3.63, 3.8) is 0 Å². The van der Waals surface area contributed by atoms with Gasteiger partial charge >= 0.3 is 0 Å². The SMILES string of the molecule is Cc1cc(C)cc(C2(C(=O)NC3CCCNC3=O)CC2)c1. The Hall–Kier alpha value is -1.84. The second kappa shape index (κ2) is 5.17. The summed E-state index contributed by atoms with van der Waals surface area (Å²) in [7, 11) is 0. The van der Waals surface area contributed by atoms with E-state index in [9.17, 15) is 9.59 Å². The minimum absolute atomic E-state index is 0.00884. The monoisotopic (exact) mass is 286 g/mol. The van der Waals surface area contributed by atoms with Gasteiger partial charge in [-0.25, -0.2) is 0 Å². The first-order valence-corrected chi connectivity index (χ1v) is 7.69. The summed E-state index contributed by atoms with van der Waals surface area (Å²) in [5.41, 5.74) is 3.04. The lowest BCUT2D eigenvalue weighted by Gasteiger charge is -2.25. The van der Waals surface area contributed by atoms with Gasteiger partial charge in [-0.3, -0.25) is 9.59 Å². The number of carbonyl (C=O) groups is 2. The molecule has 0 bridgehead atoms. The van der Waals surface area contributed by atoms with Crippen LogP contribution in [0.1, 0.15) is 42.4 Å². The predicted octanol–water partition coefficient (Wildman–Crippen LogP) is 1.73. The molecular weight excluding hydrogens is 264 g/mol. The average Bonchev–Trinajstić information content (AvgIpc) is 3.22. The lowest BCUT2D eigenvalue weighted by molar-refractivity contribution is -0.131. The number of rotatable bonds is 3. The zero-order valence-electron chi connectivity index (χ0n) is 12.7.